The second-order valence-electron chi connectivity index (χ2n) is 4.15. The lowest BCUT2D eigenvalue weighted by Gasteiger charge is -2.02. The predicted molar refractivity (Wildman–Crippen MR) is 54.6 cm³/mol. The van der Waals surface area contributed by atoms with Gasteiger partial charge in [-0.1, -0.05) is 13.8 Å². The Morgan fingerprint density at radius 1 is 1.79 bits per heavy atom. The van der Waals surface area contributed by atoms with Gasteiger partial charge in [0.05, 0.1) is 4.92 Å². The highest BCUT2D eigenvalue weighted by atomic mass is 32.1. The average molecular weight is 213 g/mol. The number of hydrogen-bond acceptors (Lipinski definition) is 5. The van der Waals surface area contributed by atoms with Crippen molar-refractivity contribution in [2.24, 2.45) is 5.41 Å². The third-order valence-electron chi connectivity index (χ3n) is 2.48. The minimum Gasteiger partial charge on any atom is -0.358 e. The van der Waals surface area contributed by atoms with Gasteiger partial charge in [0.25, 0.3) is 0 Å². The molecule has 2 rings (SSSR count). The Balaban J connectivity index is 2.01. The number of nitrogens with zero attached hydrogens (tertiary/aromatic N) is 2. The fourth-order valence-electron chi connectivity index (χ4n) is 1.28. The Bertz CT molecular complexity index is 374. The van der Waals surface area contributed by atoms with E-state index < -0.39 is 4.92 Å². The van der Waals surface area contributed by atoms with Gasteiger partial charge >= 0.3 is 5.00 Å². The largest absolute Gasteiger partial charge is 0.358 e. The van der Waals surface area contributed by atoms with Crippen LogP contribution in [0.4, 0.5) is 10.1 Å². The lowest BCUT2D eigenvalue weighted by atomic mass is 10.2. The second kappa shape index (κ2) is 2.91. The zero-order chi connectivity index (χ0) is 10.3. The van der Waals surface area contributed by atoms with Gasteiger partial charge < -0.3 is 5.32 Å². The van der Waals surface area contributed by atoms with E-state index in [1.165, 1.54) is 6.20 Å². The van der Waals surface area contributed by atoms with Crippen LogP contribution in [-0.2, 0) is 0 Å². The van der Waals surface area contributed by atoms with Gasteiger partial charge in [-0.05, 0) is 23.2 Å². The zero-order valence-corrected chi connectivity index (χ0v) is 8.80. The molecular formula is C8H11N3O2S. The van der Waals surface area contributed by atoms with Crippen molar-refractivity contribution in [1.82, 2.24) is 4.98 Å². The second-order valence-corrected chi connectivity index (χ2v) is 5.16. The fourth-order valence-corrected chi connectivity index (χ4v) is 1.96. The molecule has 0 bridgehead atoms. The van der Waals surface area contributed by atoms with Crippen molar-refractivity contribution in [1.29, 1.82) is 0 Å². The summed E-state index contributed by atoms with van der Waals surface area (Å²) in [5, 5.41) is 14.3. The summed E-state index contributed by atoms with van der Waals surface area (Å²) < 4.78 is 0. The zero-order valence-electron chi connectivity index (χ0n) is 7.98. The van der Waals surface area contributed by atoms with E-state index in [1.54, 1.807) is 0 Å². The van der Waals surface area contributed by atoms with Gasteiger partial charge in [-0.2, -0.15) is 0 Å². The lowest BCUT2D eigenvalue weighted by Crippen LogP contribution is -2.07. The first kappa shape index (κ1) is 9.39. The molecule has 76 valence electrons. The van der Waals surface area contributed by atoms with E-state index in [9.17, 15) is 10.1 Å². The van der Waals surface area contributed by atoms with Gasteiger partial charge in [-0.15, -0.1) is 0 Å². The van der Waals surface area contributed by atoms with Crippen LogP contribution in [0.3, 0.4) is 0 Å². The summed E-state index contributed by atoms with van der Waals surface area (Å²) >= 11 is 1.09. The van der Waals surface area contributed by atoms with E-state index >= 15 is 0 Å². The predicted octanol–water partition coefficient (Wildman–Crippen LogP) is 2.26. The van der Waals surface area contributed by atoms with Crippen molar-refractivity contribution < 1.29 is 4.92 Å². The standard InChI is InChI=1S/C8H11N3O2S/c1-8(2)3-5(8)10-7-9-4-6(14-7)11(12)13/h4-5H,3H2,1-2H3,(H,9,10). The topological polar surface area (TPSA) is 68.1 Å². The quantitative estimate of drug-likeness (QED) is 0.617. The molecule has 1 aliphatic rings. The molecule has 0 saturated heterocycles. The molecule has 14 heavy (non-hydrogen) atoms. The van der Waals surface area contributed by atoms with Gasteiger partial charge in [0, 0.05) is 6.04 Å². The summed E-state index contributed by atoms with van der Waals surface area (Å²) in [5.74, 6) is 0. The molecule has 1 aromatic heterocycles. The normalized spacial score (nSPS) is 23.1. The van der Waals surface area contributed by atoms with Crippen LogP contribution in [0.25, 0.3) is 0 Å². The molecule has 1 aliphatic carbocycles. The summed E-state index contributed by atoms with van der Waals surface area (Å²) in [4.78, 5) is 13.9. The summed E-state index contributed by atoms with van der Waals surface area (Å²) in [5.41, 5.74) is 0.306. The maximum Gasteiger partial charge on any atom is 0.345 e. The number of nitrogens with one attached hydrogen (secondary N) is 1. The van der Waals surface area contributed by atoms with E-state index in [2.05, 4.69) is 24.1 Å². The van der Waals surface area contributed by atoms with E-state index in [1.807, 2.05) is 0 Å². The van der Waals surface area contributed by atoms with E-state index in [0.717, 1.165) is 17.8 Å². The summed E-state index contributed by atoms with van der Waals surface area (Å²) in [6.45, 7) is 4.32. The molecule has 1 unspecified atom stereocenters. The van der Waals surface area contributed by atoms with Crippen molar-refractivity contribution in [2.75, 3.05) is 5.32 Å². The van der Waals surface area contributed by atoms with E-state index in [4.69, 9.17) is 0 Å². The van der Waals surface area contributed by atoms with Crippen LogP contribution in [-0.4, -0.2) is 15.9 Å². The van der Waals surface area contributed by atoms with Gasteiger partial charge in [-0.3, -0.25) is 10.1 Å². The van der Waals surface area contributed by atoms with Gasteiger partial charge in [0.2, 0.25) is 0 Å². The fraction of sp³-hybridized carbons (Fsp3) is 0.625. The lowest BCUT2D eigenvalue weighted by molar-refractivity contribution is -0.380. The highest BCUT2D eigenvalue weighted by Gasteiger charge is 2.46. The number of nitro groups is 1. The Morgan fingerprint density at radius 2 is 2.43 bits per heavy atom. The maximum absolute atomic E-state index is 10.4. The third kappa shape index (κ3) is 1.70. The summed E-state index contributed by atoms with van der Waals surface area (Å²) in [6, 6.07) is 0.410. The van der Waals surface area contributed by atoms with Crippen LogP contribution in [0.2, 0.25) is 0 Å². The van der Waals surface area contributed by atoms with Crippen molar-refractivity contribution in [3.8, 4) is 0 Å². The van der Waals surface area contributed by atoms with Crippen molar-refractivity contribution >= 4 is 21.5 Å². The van der Waals surface area contributed by atoms with Gasteiger partial charge in [0.15, 0.2) is 5.13 Å². The first-order valence-electron chi connectivity index (χ1n) is 4.36. The molecule has 5 nitrogen and oxygen atoms in total. The number of aromatic nitrogens is 1. The molecule has 1 atom stereocenters. The Hall–Kier alpha value is -1.17. The number of thiazole rings is 1. The summed E-state index contributed by atoms with van der Waals surface area (Å²) in [7, 11) is 0. The summed E-state index contributed by atoms with van der Waals surface area (Å²) in [6.07, 6.45) is 2.39. The molecular weight excluding hydrogens is 202 g/mol. The number of rotatable bonds is 3. The van der Waals surface area contributed by atoms with Crippen molar-refractivity contribution in [2.45, 2.75) is 26.3 Å². The molecule has 0 aromatic carbocycles. The Labute approximate surface area is 85.3 Å². The molecule has 6 heteroatoms. The Morgan fingerprint density at radius 3 is 2.86 bits per heavy atom. The number of hydrogen-bond donors (Lipinski definition) is 1. The molecule has 0 radical (unpaired) electrons. The van der Waals surface area contributed by atoms with Gasteiger partial charge in [0.1, 0.15) is 6.20 Å². The molecule has 0 spiro atoms. The minimum atomic E-state index is -0.416. The van der Waals surface area contributed by atoms with Crippen LogP contribution in [0.15, 0.2) is 6.20 Å². The van der Waals surface area contributed by atoms with Crippen LogP contribution in [0.5, 0.6) is 0 Å². The molecule has 1 fully saturated rings. The SMILES string of the molecule is CC1(C)CC1Nc1ncc([N+](=O)[O-])s1. The molecule has 1 aromatic rings. The van der Waals surface area contributed by atoms with Crippen LogP contribution < -0.4 is 5.32 Å². The Kier molecular flexibility index (Phi) is 1.95. The smallest absolute Gasteiger partial charge is 0.345 e. The first-order chi connectivity index (χ1) is 6.49. The highest BCUT2D eigenvalue weighted by Crippen LogP contribution is 2.47. The maximum atomic E-state index is 10.4. The monoisotopic (exact) mass is 213 g/mol. The molecule has 0 aliphatic heterocycles. The third-order valence-corrected chi connectivity index (χ3v) is 3.36. The van der Waals surface area contributed by atoms with Crippen LogP contribution in [0, 0.1) is 15.5 Å². The van der Waals surface area contributed by atoms with Gasteiger partial charge in [-0.25, -0.2) is 4.98 Å². The molecule has 0 amide bonds. The first-order valence-corrected chi connectivity index (χ1v) is 5.17. The van der Waals surface area contributed by atoms with E-state index in [-0.39, 0.29) is 5.00 Å². The molecule has 1 saturated carbocycles. The van der Waals surface area contributed by atoms with Crippen molar-refractivity contribution in [3.05, 3.63) is 16.3 Å². The highest BCUT2D eigenvalue weighted by molar-refractivity contribution is 7.18. The van der Waals surface area contributed by atoms with E-state index in [0.29, 0.717) is 16.6 Å². The van der Waals surface area contributed by atoms with Crippen LogP contribution in [0.1, 0.15) is 20.3 Å². The molecule has 1 heterocycles. The average Bonchev–Trinajstić information content (AvgIpc) is 2.51. The minimum absolute atomic E-state index is 0.0888. The van der Waals surface area contributed by atoms with Crippen molar-refractivity contribution in [3.63, 3.8) is 0 Å². The molecule has 1 N–H and O–H groups in total. The van der Waals surface area contributed by atoms with Crippen LogP contribution >= 0.6 is 11.3 Å². The number of anilines is 1.